The second kappa shape index (κ2) is 21.6. The second-order valence-electron chi connectivity index (χ2n) is 16.1. The lowest BCUT2D eigenvalue weighted by Crippen LogP contribution is -2.54. The van der Waals surface area contributed by atoms with Crippen LogP contribution in [-0.4, -0.2) is 131 Å². The van der Waals surface area contributed by atoms with Crippen LogP contribution in [0.15, 0.2) is 30.3 Å². The molecule has 1 aliphatic heterocycles. The Morgan fingerprint density at radius 1 is 0.963 bits per heavy atom. The highest BCUT2D eigenvalue weighted by Gasteiger charge is 2.43. The van der Waals surface area contributed by atoms with Gasteiger partial charge in [-0.2, -0.15) is 0 Å². The van der Waals surface area contributed by atoms with E-state index in [9.17, 15) is 39.3 Å². The summed E-state index contributed by atoms with van der Waals surface area (Å²) in [6.07, 6.45) is -0.246. The predicted molar refractivity (Wildman–Crippen MR) is 207 cm³/mol. The van der Waals surface area contributed by atoms with Gasteiger partial charge in [-0.05, 0) is 50.3 Å². The van der Waals surface area contributed by atoms with Gasteiger partial charge in [-0.15, -0.1) is 0 Å². The molecule has 0 aliphatic carbocycles. The van der Waals surface area contributed by atoms with Crippen molar-refractivity contribution in [2.45, 2.75) is 117 Å². The SMILES string of the molecule is CC[C@H](C)[C@@H]([C@@H](CC(=O)N1CCC[C@H]1[C@H](CO)[C@@H](C)C(=O)NC(C(=O)O)C(O)c1ccccc1)OC)N(C)C(=O)[C@@H](CC(=O)C(C(C)C)N(C)C)C(C)C. The third-order valence-corrected chi connectivity index (χ3v) is 11.5. The van der Waals surface area contributed by atoms with E-state index in [-0.39, 0.29) is 54.2 Å². The normalized spacial score (nSPS) is 19.8. The fourth-order valence-electron chi connectivity index (χ4n) is 8.24. The van der Waals surface area contributed by atoms with E-state index in [4.69, 9.17) is 4.74 Å². The van der Waals surface area contributed by atoms with Crippen molar-refractivity contribution in [2.75, 3.05) is 41.4 Å². The monoisotopic (exact) mass is 760 g/mol. The summed E-state index contributed by atoms with van der Waals surface area (Å²) in [5, 5.41) is 33.7. The summed E-state index contributed by atoms with van der Waals surface area (Å²) >= 11 is 0. The van der Waals surface area contributed by atoms with Crippen molar-refractivity contribution in [1.82, 2.24) is 20.0 Å². The fraction of sp³-hybridized carbons (Fsp3) is 0.732. The van der Waals surface area contributed by atoms with Crippen LogP contribution in [0.2, 0.25) is 0 Å². The summed E-state index contributed by atoms with van der Waals surface area (Å²) in [6.45, 7) is 13.5. The number of likely N-dealkylation sites (N-methyl/N-ethyl adjacent to an activating group) is 2. The molecule has 1 fully saturated rings. The smallest absolute Gasteiger partial charge is 0.329 e. The maximum absolute atomic E-state index is 14.3. The van der Waals surface area contributed by atoms with Gasteiger partial charge in [0.2, 0.25) is 17.7 Å². The lowest BCUT2D eigenvalue weighted by molar-refractivity contribution is -0.149. The van der Waals surface area contributed by atoms with E-state index in [1.54, 1.807) is 54.1 Å². The van der Waals surface area contributed by atoms with Crippen LogP contribution in [0.1, 0.15) is 92.2 Å². The molecule has 2 rings (SSSR count). The zero-order valence-electron chi connectivity index (χ0n) is 34.4. The number of carbonyl (C=O) groups excluding carboxylic acids is 4. The fourth-order valence-corrected chi connectivity index (χ4v) is 8.24. The first-order chi connectivity index (χ1) is 25.3. The van der Waals surface area contributed by atoms with Crippen molar-refractivity contribution in [1.29, 1.82) is 0 Å². The lowest BCUT2D eigenvalue weighted by Gasteiger charge is -2.41. The number of carbonyl (C=O) groups is 5. The first-order valence-electron chi connectivity index (χ1n) is 19.5. The average molecular weight is 761 g/mol. The summed E-state index contributed by atoms with van der Waals surface area (Å²) in [4.78, 5) is 72.8. The van der Waals surface area contributed by atoms with Crippen LogP contribution in [0.5, 0.6) is 0 Å². The van der Waals surface area contributed by atoms with E-state index >= 15 is 0 Å². The number of ketones is 1. The standard InChI is InChI=1S/C41H68N4O9/c1-12-26(6)37(44(10)40(51)29(24(2)3)21-32(47)36(25(4)5)43(8)9)33(54-11)22-34(48)45-20-16-19-31(45)30(23-46)27(7)39(50)42-35(41(52)53)38(49)28-17-14-13-15-18-28/h13-15,17-18,24-27,29-31,33,35-38,46,49H,12,16,19-23H2,1-11H3,(H,42,50)(H,52,53)/t26-,27+,29-,30+,31-,33+,35?,36?,37-,38?/m0/s1. The maximum Gasteiger partial charge on any atom is 0.329 e. The quantitative estimate of drug-likeness (QED) is 0.137. The molecule has 4 N–H and O–H groups in total. The van der Waals surface area contributed by atoms with Gasteiger partial charge >= 0.3 is 5.97 Å². The Morgan fingerprint density at radius 3 is 2.06 bits per heavy atom. The Morgan fingerprint density at radius 2 is 1.57 bits per heavy atom. The Labute approximate surface area is 322 Å². The molecule has 13 nitrogen and oxygen atoms in total. The molecule has 0 spiro atoms. The van der Waals surface area contributed by atoms with Crippen molar-refractivity contribution < 1.29 is 44.0 Å². The molecule has 13 heteroatoms. The highest BCUT2D eigenvalue weighted by atomic mass is 16.5. The van der Waals surface area contributed by atoms with Gasteiger partial charge in [0.25, 0.3) is 0 Å². The number of rotatable bonds is 22. The second-order valence-corrected chi connectivity index (χ2v) is 16.1. The van der Waals surface area contributed by atoms with Gasteiger partial charge in [0.15, 0.2) is 11.8 Å². The number of benzene rings is 1. The summed E-state index contributed by atoms with van der Waals surface area (Å²) in [5.41, 5.74) is 0.331. The molecule has 54 heavy (non-hydrogen) atoms. The minimum Gasteiger partial charge on any atom is -0.480 e. The number of aliphatic hydroxyl groups is 2. The van der Waals surface area contributed by atoms with E-state index in [2.05, 4.69) is 5.32 Å². The number of carboxylic acid groups (broad SMARTS) is 1. The molecule has 3 amide bonds. The maximum atomic E-state index is 14.3. The van der Waals surface area contributed by atoms with Crippen LogP contribution in [0.4, 0.5) is 0 Å². The van der Waals surface area contributed by atoms with E-state index in [0.717, 1.165) is 0 Å². The van der Waals surface area contributed by atoms with Crippen LogP contribution in [0, 0.1) is 35.5 Å². The number of carboxylic acids is 1. The number of nitrogens with one attached hydrogen (secondary N) is 1. The zero-order chi connectivity index (χ0) is 41.0. The Hall–Kier alpha value is -3.39. The predicted octanol–water partition coefficient (Wildman–Crippen LogP) is 3.62. The van der Waals surface area contributed by atoms with Gasteiger partial charge < -0.3 is 35.2 Å². The molecule has 1 aromatic rings. The van der Waals surface area contributed by atoms with Gasteiger partial charge in [0.05, 0.1) is 24.6 Å². The average Bonchev–Trinajstić information content (AvgIpc) is 3.61. The van der Waals surface area contributed by atoms with Gasteiger partial charge in [0.1, 0.15) is 6.10 Å². The number of hydrogen-bond acceptors (Lipinski definition) is 9. The van der Waals surface area contributed by atoms with Crippen LogP contribution >= 0.6 is 0 Å². The topological polar surface area (TPSA) is 177 Å². The number of methoxy groups -OCH3 is 1. The molecule has 1 saturated heterocycles. The van der Waals surface area contributed by atoms with Gasteiger partial charge in [-0.3, -0.25) is 24.1 Å². The highest BCUT2D eigenvalue weighted by Crippen LogP contribution is 2.32. The molecule has 0 bridgehead atoms. The van der Waals surface area contributed by atoms with Crippen molar-refractivity contribution in [2.24, 2.45) is 35.5 Å². The Bertz CT molecular complexity index is 1370. The Balaban J connectivity index is 2.29. The molecule has 3 unspecified atom stereocenters. The molecular formula is C41H68N4O9. The number of aliphatic carboxylic acids is 1. The highest BCUT2D eigenvalue weighted by molar-refractivity contribution is 5.90. The molecular weight excluding hydrogens is 692 g/mol. The lowest BCUT2D eigenvalue weighted by atomic mass is 9.83. The molecule has 1 aliphatic rings. The number of aliphatic hydroxyl groups excluding tert-OH is 2. The number of nitrogens with zero attached hydrogens (tertiary/aromatic N) is 3. The van der Waals surface area contributed by atoms with Crippen molar-refractivity contribution in [3.05, 3.63) is 35.9 Å². The minimum atomic E-state index is -1.62. The third-order valence-electron chi connectivity index (χ3n) is 11.5. The zero-order valence-corrected chi connectivity index (χ0v) is 34.4. The van der Waals surface area contributed by atoms with E-state index < -0.39 is 66.6 Å². The molecule has 0 saturated carbocycles. The van der Waals surface area contributed by atoms with Crippen LogP contribution in [0.25, 0.3) is 0 Å². The number of amides is 3. The van der Waals surface area contributed by atoms with Gasteiger partial charge in [-0.1, -0.05) is 85.2 Å². The Kier molecular flexibility index (Phi) is 18.7. The van der Waals surface area contributed by atoms with Crippen LogP contribution in [-0.2, 0) is 28.7 Å². The molecule has 1 heterocycles. The minimum absolute atomic E-state index is 0.0151. The summed E-state index contributed by atoms with van der Waals surface area (Å²) in [5.74, 6) is -4.71. The molecule has 0 aromatic heterocycles. The summed E-state index contributed by atoms with van der Waals surface area (Å²) in [7, 11) is 6.99. The summed E-state index contributed by atoms with van der Waals surface area (Å²) < 4.78 is 5.98. The van der Waals surface area contributed by atoms with Crippen molar-refractivity contribution >= 4 is 29.5 Å². The van der Waals surface area contributed by atoms with E-state index in [1.807, 2.05) is 60.5 Å². The molecule has 10 atom stereocenters. The van der Waals surface area contributed by atoms with Crippen molar-refractivity contribution in [3.8, 4) is 0 Å². The van der Waals surface area contributed by atoms with Crippen molar-refractivity contribution in [3.63, 3.8) is 0 Å². The number of Topliss-reactive ketones (excluding diaryl/α,β-unsaturated/α-hetero) is 1. The molecule has 0 radical (unpaired) electrons. The molecule has 306 valence electrons. The molecule has 1 aromatic carbocycles. The third kappa shape index (κ3) is 11.8. The van der Waals surface area contributed by atoms with E-state index in [0.29, 0.717) is 31.4 Å². The number of hydrogen-bond donors (Lipinski definition) is 4. The first kappa shape index (κ1) is 46.8. The summed E-state index contributed by atoms with van der Waals surface area (Å²) in [6, 6.07) is 5.25. The number of likely N-dealkylation sites (tertiary alicyclic amines) is 1. The van der Waals surface area contributed by atoms with Crippen LogP contribution < -0.4 is 5.32 Å². The first-order valence-corrected chi connectivity index (χ1v) is 19.5. The van der Waals surface area contributed by atoms with E-state index in [1.165, 1.54) is 7.11 Å². The van der Waals surface area contributed by atoms with Gasteiger partial charge in [-0.25, -0.2) is 4.79 Å². The van der Waals surface area contributed by atoms with Crippen LogP contribution in [0.3, 0.4) is 0 Å². The number of ether oxygens (including phenoxy) is 1. The van der Waals surface area contributed by atoms with Gasteiger partial charge in [0, 0.05) is 57.5 Å². The largest absolute Gasteiger partial charge is 0.480 e.